The van der Waals surface area contributed by atoms with E-state index in [1.165, 1.54) is 0 Å². The van der Waals surface area contributed by atoms with Gasteiger partial charge in [0.15, 0.2) is 5.78 Å². The van der Waals surface area contributed by atoms with Gasteiger partial charge in [0.05, 0.1) is 16.6 Å². The maximum Gasteiger partial charge on any atom is 0.176 e. The third kappa shape index (κ3) is 3.39. The lowest BCUT2D eigenvalue weighted by atomic mass is 10.2. The number of hydrogen-bond acceptors (Lipinski definition) is 3. The van der Waals surface area contributed by atoms with E-state index in [1.807, 2.05) is 51.1 Å². The molecular weight excluding hydrogens is 276 g/mol. The normalized spacial score (nSPS) is 12.4. The Morgan fingerprint density at radius 2 is 1.95 bits per heavy atom. The number of Topliss-reactive ketones (excluding diaryl/α,β-unsaturated/α-hetero) is 1. The van der Waals surface area contributed by atoms with Crippen LogP contribution in [0.2, 0.25) is 0 Å². The number of hydrogen-bond donors (Lipinski definition) is 0. The van der Waals surface area contributed by atoms with Gasteiger partial charge < -0.3 is 0 Å². The van der Waals surface area contributed by atoms with Gasteiger partial charge in [0, 0.05) is 20.2 Å². The second-order valence-corrected chi connectivity index (χ2v) is 7.47. The van der Waals surface area contributed by atoms with Crippen LogP contribution in [0.1, 0.15) is 25.7 Å². The van der Waals surface area contributed by atoms with Crippen molar-refractivity contribution < 1.29 is 9.00 Å². The lowest BCUT2D eigenvalue weighted by molar-refractivity contribution is 0.102. The summed E-state index contributed by atoms with van der Waals surface area (Å²) in [6.07, 6.45) is 0. The highest BCUT2D eigenvalue weighted by molar-refractivity contribution is 7.85. The maximum atomic E-state index is 12.2. The topological polar surface area (TPSA) is 34.1 Å². The van der Waals surface area contributed by atoms with E-state index in [0.717, 1.165) is 20.2 Å². The van der Waals surface area contributed by atoms with E-state index in [4.69, 9.17) is 0 Å². The largest absolute Gasteiger partial charge is 0.293 e. The van der Waals surface area contributed by atoms with Gasteiger partial charge in [0.25, 0.3) is 0 Å². The van der Waals surface area contributed by atoms with Crippen molar-refractivity contribution in [1.29, 1.82) is 0 Å². The molecule has 2 rings (SSSR count). The molecule has 0 amide bonds. The van der Waals surface area contributed by atoms with Gasteiger partial charge in [-0.3, -0.25) is 9.00 Å². The molecule has 2 nitrogen and oxygen atoms in total. The lowest BCUT2D eigenvalue weighted by Crippen LogP contribution is -2.11. The number of benzene rings is 1. The van der Waals surface area contributed by atoms with E-state index < -0.39 is 10.8 Å². The third-order valence-corrected chi connectivity index (χ3v) is 5.13. The molecule has 2 aromatic rings. The minimum absolute atomic E-state index is 0.0401. The maximum absolute atomic E-state index is 12.2. The molecular formula is C15H16O2S2. The molecule has 100 valence electrons. The fourth-order valence-corrected chi connectivity index (χ4v) is 4.00. The first-order chi connectivity index (χ1) is 8.97. The first kappa shape index (κ1) is 14.2. The number of aryl methyl sites for hydroxylation is 3. The molecule has 1 heterocycles. The highest BCUT2D eigenvalue weighted by Crippen LogP contribution is 2.22. The molecule has 0 bridgehead atoms. The van der Waals surface area contributed by atoms with Crippen LogP contribution in [0.15, 0.2) is 35.2 Å². The van der Waals surface area contributed by atoms with Crippen LogP contribution in [0.5, 0.6) is 0 Å². The van der Waals surface area contributed by atoms with Crippen molar-refractivity contribution in [2.75, 3.05) is 5.75 Å². The predicted octanol–water partition coefficient (Wildman–Crippen LogP) is 3.66. The summed E-state index contributed by atoms with van der Waals surface area (Å²) in [4.78, 5) is 15.0. The van der Waals surface area contributed by atoms with E-state index in [9.17, 15) is 9.00 Å². The summed E-state index contributed by atoms with van der Waals surface area (Å²) in [7, 11) is -1.27. The minimum atomic E-state index is -1.27. The van der Waals surface area contributed by atoms with Crippen molar-refractivity contribution in [3.63, 3.8) is 0 Å². The number of ketones is 1. The Labute approximate surface area is 119 Å². The van der Waals surface area contributed by atoms with Gasteiger partial charge in [0.2, 0.25) is 0 Å². The Morgan fingerprint density at radius 3 is 2.53 bits per heavy atom. The van der Waals surface area contributed by atoms with Crippen LogP contribution in [-0.4, -0.2) is 15.7 Å². The standard InChI is InChI=1S/C15H16O2S2/c1-10-5-4-6-13(7-10)19(17)9-15(16)14-8-11(2)18-12(14)3/h4-8H,9H2,1-3H3. The van der Waals surface area contributed by atoms with Crippen molar-refractivity contribution in [1.82, 2.24) is 0 Å². The van der Waals surface area contributed by atoms with Gasteiger partial charge in [-0.25, -0.2) is 0 Å². The van der Waals surface area contributed by atoms with Crippen LogP contribution in [0.3, 0.4) is 0 Å². The van der Waals surface area contributed by atoms with Crippen LogP contribution in [-0.2, 0) is 10.8 Å². The molecule has 0 spiro atoms. The van der Waals surface area contributed by atoms with Crippen LogP contribution in [0.4, 0.5) is 0 Å². The number of carbonyl (C=O) groups is 1. The molecule has 0 aliphatic rings. The van der Waals surface area contributed by atoms with Gasteiger partial charge in [-0.05, 0) is 44.5 Å². The summed E-state index contributed by atoms with van der Waals surface area (Å²) >= 11 is 1.60. The minimum Gasteiger partial charge on any atom is -0.293 e. The van der Waals surface area contributed by atoms with Crippen LogP contribution < -0.4 is 0 Å². The number of rotatable bonds is 4. The zero-order valence-corrected chi connectivity index (χ0v) is 12.9. The van der Waals surface area contributed by atoms with E-state index in [1.54, 1.807) is 11.3 Å². The smallest absolute Gasteiger partial charge is 0.176 e. The molecule has 1 unspecified atom stereocenters. The van der Waals surface area contributed by atoms with Crippen LogP contribution in [0.25, 0.3) is 0 Å². The van der Waals surface area contributed by atoms with Gasteiger partial charge >= 0.3 is 0 Å². The Kier molecular flexibility index (Phi) is 4.32. The first-order valence-corrected chi connectivity index (χ1v) is 8.16. The summed E-state index contributed by atoms with van der Waals surface area (Å²) in [6.45, 7) is 5.86. The van der Waals surface area contributed by atoms with Crippen LogP contribution >= 0.6 is 11.3 Å². The zero-order valence-electron chi connectivity index (χ0n) is 11.2. The monoisotopic (exact) mass is 292 g/mol. The molecule has 0 aliphatic heterocycles. The zero-order chi connectivity index (χ0) is 14.0. The molecule has 19 heavy (non-hydrogen) atoms. The van der Waals surface area contributed by atoms with Gasteiger partial charge in [-0.1, -0.05) is 12.1 Å². The Hall–Kier alpha value is -1.26. The number of carbonyl (C=O) groups excluding carboxylic acids is 1. The van der Waals surface area contributed by atoms with E-state index in [-0.39, 0.29) is 11.5 Å². The van der Waals surface area contributed by atoms with Gasteiger partial charge in [-0.2, -0.15) is 0 Å². The molecule has 0 fully saturated rings. The average Bonchev–Trinajstić information content (AvgIpc) is 2.68. The van der Waals surface area contributed by atoms with E-state index in [2.05, 4.69) is 0 Å². The lowest BCUT2D eigenvalue weighted by Gasteiger charge is -2.03. The van der Waals surface area contributed by atoms with Crippen molar-refractivity contribution in [3.8, 4) is 0 Å². The summed E-state index contributed by atoms with van der Waals surface area (Å²) < 4.78 is 12.2. The molecule has 0 saturated carbocycles. The molecule has 4 heteroatoms. The van der Waals surface area contributed by atoms with Crippen molar-refractivity contribution >= 4 is 27.9 Å². The Bertz CT molecular complexity index is 641. The fraction of sp³-hybridized carbons (Fsp3) is 0.267. The highest BCUT2D eigenvalue weighted by Gasteiger charge is 2.16. The second-order valence-electron chi connectivity index (χ2n) is 4.56. The molecule has 1 aromatic carbocycles. The Balaban J connectivity index is 2.15. The van der Waals surface area contributed by atoms with E-state index in [0.29, 0.717) is 5.56 Å². The molecule has 0 N–H and O–H groups in total. The van der Waals surface area contributed by atoms with Crippen molar-refractivity contribution in [2.24, 2.45) is 0 Å². The van der Waals surface area contributed by atoms with Crippen molar-refractivity contribution in [3.05, 3.63) is 51.2 Å². The van der Waals surface area contributed by atoms with Crippen molar-refractivity contribution in [2.45, 2.75) is 25.7 Å². The molecule has 0 saturated heterocycles. The molecule has 0 aliphatic carbocycles. The average molecular weight is 292 g/mol. The first-order valence-electron chi connectivity index (χ1n) is 6.02. The molecule has 1 aromatic heterocycles. The van der Waals surface area contributed by atoms with Gasteiger partial charge in [0.1, 0.15) is 0 Å². The summed E-state index contributed by atoms with van der Waals surface area (Å²) in [5, 5.41) is 0. The van der Waals surface area contributed by atoms with E-state index >= 15 is 0 Å². The predicted molar refractivity (Wildman–Crippen MR) is 80.6 cm³/mol. The molecule has 1 atom stereocenters. The third-order valence-electron chi connectivity index (χ3n) is 2.86. The summed E-state index contributed by atoms with van der Waals surface area (Å²) in [5.41, 5.74) is 1.77. The Morgan fingerprint density at radius 1 is 1.21 bits per heavy atom. The van der Waals surface area contributed by atoms with Gasteiger partial charge in [-0.15, -0.1) is 11.3 Å². The summed E-state index contributed by atoms with van der Waals surface area (Å²) in [6, 6.07) is 9.38. The molecule has 0 radical (unpaired) electrons. The van der Waals surface area contributed by atoms with Crippen LogP contribution in [0, 0.1) is 20.8 Å². The second kappa shape index (κ2) is 5.80. The quantitative estimate of drug-likeness (QED) is 0.806. The number of thiophene rings is 1. The fourth-order valence-electron chi connectivity index (χ4n) is 1.94. The summed E-state index contributed by atoms with van der Waals surface area (Å²) in [5.74, 6) is 0.0159. The highest BCUT2D eigenvalue weighted by atomic mass is 32.2. The SMILES string of the molecule is Cc1cccc(S(=O)CC(=O)c2cc(C)sc2C)c1.